The van der Waals surface area contributed by atoms with Gasteiger partial charge in [0.1, 0.15) is 5.82 Å². The number of rotatable bonds is 7. The molecule has 0 fully saturated rings. The number of hydrogen-bond donors (Lipinski definition) is 1. The molecule has 5 nitrogen and oxygen atoms in total. The second-order valence-corrected chi connectivity index (χ2v) is 6.38. The molecule has 0 aliphatic carbocycles. The van der Waals surface area contributed by atoms with Crippen molar-refractivity contribution in [2.24, 2.45) is 0 Å². The van der Waals surface area contributed by atoms with Crippen LogP contribution in [0.1, 0.15) is 35.3 Å². The monoisotopic (exact) mass is 392 g/mol. The van der Waals surface area contributed by atoms with E-state index in [9.17, 15) is 14.0 Å². The highest BCUT2D eigenvalue weighted by atomic mass is 19.1. The van der Waals surface area contributed by atoms with E-state index in [2.05, 4.69) is 10.3 Å². The molecule has 0 aliphatic heterocycles. The first-order valence-corrected chi connectivity index (χ1v) is 9.30. The molecule has 29 heavy (non-hydrogen) atoms. The van der Waals surface area contributed by atoms with Crippen molar-refractivity contribution in [2.75, 3.05) is 6.61 Å². The van der Waals surface area contributed by atoms with Gasteiger partial charge in [0, 0.05) is 11.8 Å². The number of esters is 1. The van der Waals surface area contributed by atoms with Gasteiger partial charge in [-0.2, -0.15) is 0 Å². The standard InChI is InChI=1S/C23H21FN2O3/c1-2-29-22(27)14-21(16-6-4-3-5-7-16)26-23(28)18-10-13-20(25-15-18)17-8-11-19(24)12-9-17/h3-13,15,21H,2,14H2,1H3,(H,26,28). The summed E-state index contributed by atoms with van der Waals surface area (Å²) in [5.74, 6) is -1.05. The first-order valence-electron chi connectivity index (χ1n) is 9.30. The maximum atomic E-state index is 13.1. The van der Waals surface area contributed by atoms with Gasteiger partial charge in [-0.1, -0.05) is 30.3 Å². The van der Waals surface area contributed by atoms with Crippen LogP contribution in [0.2, 0.25) is 0 Å². The molecule has 1 amide bonds. The molecule has 3 aromatic rings. The Morgan fingerprint density at radius 3 is 2.38 bits per heavy atom. The number of amides is 1. The minimum absolute atomic E-state index is 0.0324. The van der Waals surface area contributed by atoms with E-state index in [4.69, 9.17) is 4.74 Å². The molecule has 1 heterocycles. The smallest absolute Gasteiger partial charge is 0.308 e. The van der Waals surface area contributed by atoms with Crippen molar-refractivity contribution in [3.8, 4) is 11.3 Å². The number of hydrogen-bond acceptors (Lipinski definition) is 4. The molecular weight excluding hydrogens is 371 g/mol. The lowest BCUT2D eigenvalue weighted by atomic mass is 10.0. The Morgan fingerprint density at radius 2 is 1.76 bits per heavy atom. The summed E-state index contributed by atoms with van der Waals surface area (Å²) in [5.41, 5.74) is 2.56. The highest BCUT2D eigenvalue weighted by molar-refractivity contribution is 5.94. The maximum Gasteiger partial charge on any atom is 0.308 e. The number of pyridine rings is 1. The van der Waals surface area contributed by atoms with Gasteiger partial charge in [-0.05, 0) is 48.9 Å². The largest absolute Gasteiger partial charge is 0.466 e. The molecule has 6 heteroatoms. The van der Waals surface area contributed by atoms with Crippen LogP contribution in [0, 0.1) is 5.82 Å². The van der Waals surface area contributed by atoms with E-state index in [1.165, 1.54) is 18.3 Å². The fourth-order valence-corrected chi connectivity index (χ4v) is 2.89. The van der Waals surface area contributed by atoms with Crippen LogP contribution in [0.3, 0.4) is 0 Å². The fourth-order valence-electron chi connectivity index (χ4n) is 2.89. The quantitative estimate of drug-likeness (QED) is 0.609. The second-order valence-electron chi connectivity index (χ2n) is 6.38. The van der Waals surface area contributed by atoms with Gasteiger partial charge in [0.05, 0.1) is 30.3 Å². The molecule has 0 saturated carbocycles. The molecular formula is C23H21FN2O3. The number of ether oxygens (including phenoxy) is 1. The highest BCUT2D eigenvalue weighted by Gasteiger charge is 2.20. The molecule has 1 unspecified atom stereocenters. The van der Waals surface area contributed by atoms with Gasteiger partial charge in [0.25, 0.3) is 5.91 Å². The molecule has 0 radical (unpaired) electrons. The van der Waals surface area contributed by atoms with Crippen LogP contribution in [0.5, 0.6) is 0 Å². The van der Waals surface area contributed by atoms with E-state index >= 15 is 0 Å². The van der Waals surface area contributed by atoms with Gasteiger partial charge < -0.3 is 10.1 Å². The lowest BCUT2D eigenvalue weighted by molar-refractivity contribution is -0.143. The van der Waals surface area contributed by atoms with Crippen molar-refractivity contribution < 1.29 is 18.7 Å². The highest BCUT2D eigenvalue weighted by Crippen LogP contribution is 2.20. The van der Waals surface area contributed by atoms with Crippen molar-refractivity contribution in [1.82, 2.24) is 10.3 Å². The third-order valence-corrected chi connectivity index (χ3v) is 4.35. The van der Waals surface area contributed by atoms with Gasteiger partial charge in [-0.15, -0.1) is 0 Å². The van der Waals surface area contributed by atoms with Crippen LogP contribution in [-0.4, -0.2) is 23.5 Å². The normalized spacial score (nSPS) is 11.5. The number of aromatic nitrogens is 1. The van der Waals surface area contributed by atoms with Crippen LogP contribution >= 0.6 is 0 Å². The van der Waals surface area contributed by atoms with Gasteiger partial charge in [-0.25, -0.2) is 4.39 Å². The molecule has 3 rings (SSSR count). The zero-order valence-electron chi connectivity index (χ0n) is 16.0. The number of halogens is 1. The van der Waals surface area contributed by atoms with Gasteiger partial charge in [0.2, 0.25) is 0 Å². The molecule has 0 saturated heterocycles. The van der Waals surface area contributed by atoms with Crippen molar-refractivity contribution in [3.63, 3.8) is 0 Å². The summed E-state index contributed by atoms with van der Waals surface area (Å²) in [6.07, 6.45) is 1.49. The molecule has 148 valence electrons. The number of nitrogens with one attached hydrogen (secondary N) is 1. The van der Waals surface area contributed by atoms with Gasteiger partial charge in [0.15, 0.2) is 0 Å². The molecule has 1 atom stereocenters. The van der Waals surface area contributed by atoms with Crippen molar-refractivity contribution >= 4 is 11.9 Å². The molecule has 1 N–H and O–H groups in total. The predicted octanol–water partition coefficient (Wildman–Crippen LogP) is 4.31. The Balaban J connectivity index is 1.75. The van der Waals surface area contributed by atoms with E-state index in [0.717, 1.165) is 11.1 Å². The third kappa shape index (κ3) is 5.48. The zero-order valence-corrected chi connectivity index (χ0v) is 16.0. The lowest BCUT2D eigenvalue weighted by Gasteiger charge is -2.18. The van der Waals surface area contributed by atoms with Crippen LogP contribution in [0.15, 0.2) is 72.9 Å². The summed E-state index contributed by atoms with van der Waals surface area (Å²) in [4.78, 5) is 29.0. The van der Waals surface area contributed by atoms with E-state index < -0.39 is 6.04 Å². The summed E-state index contributed by atoms with van der Waals surface area (Å²) in [7, 11) is 0. The van der Waals surface area contributed by atoms with Crippen LogP contribution in [-0.2, 0) is 9.53 Å². The molecule has 0 bridgehead atoms. The second kappa shape index (κ2) is 9.59. The molecule has 2 aromatic carbocycles. The number of carbonyl (C=O) groups excluding carboxylic acids is 2. The summed E-state index contributed by atoms with van der Waals surface area (Å²) in [5, 5.41) is 2.88. The number of benzene rings is 2. The Bertz CT molecular complexity index is 958. The molecule has 1 aromatic heterocycles. The van der Waals surface area contributed by atoms with Gasteiger partial charge in [-0.3, -0.25) is 14.6 Å². The first kappa shape index (κ1) is 20.2. The van der Waals surface area contributed by atoms with Crippen LogP contribution < -0.4 is 5.32 Å². The number of carbonyl (C=O) groups is 2. The van der Waals surface area contributed by atoms with E-state index in [0.29, 0.717) is 11.3 Å². The van der Waals surface area contributed by atoms with Gasteiger partial charge >= 0.3 is 5.97 Å². The Kier molecular flexibility index (Phi) is 6.68. The van der Waals surface area contributed by atoms with E-state index in [1.807, 2.05) is 30.3 Å². The minimum Gasteiger partial charge on any atom is -0.466 e. The summed E-state index contributed by atoms with van der Waals surface area (Å²) >= 11 is 0. The van der Waals surface area contributed by atoms with Crippen molar-refractivity contribution in [3.05, 3.63) is 89.9 Å². The topological polar surface area (TPSA) is 68.3 Å². The van der Waals surface area contributed by atoms with Crippen LogP contribution in [0.4, 0.5) is 4.39 Å². The zero-order chi connectivity index (χ0) is 20.6. The predicted molar refractivity (Wildman–Crippen MR) is 108 cm³/mol. The average Bonchev–Trinajstić information content (AvgIpc) is 2.75. The van der Waals surface area contributed by atoms with E-state index in [-0.39, 0.29) is 30.7 Å². The lowest BCUT2D eigenvalue weighted by Crippen LogP contribution is -2.30. The van der Waals surface area contributed by atoms with Crippen LogP contribution in [0.25, 0.3) is 11.3 Å². The summed E-state index contributed by atoms with van der Waals surface area (Å²) in [6, 6.07) is 18.1. The summed E-state index contributed by atoms with van der Waals surface area (Å²) < 4.78 is 18.1. The van der Waals surface area contributed by atoms with Crippen molar-refractivity contribution in [1.29, 1.82) is 0 Å². The summed E-state index contributed by atoms with van der Waals surface area (Å²) in [6.45, 7) is 2.02. The Hall–Kier alpha value is -3.54. The third-order valence-electron chi connectivity index (χ3n) is 4.35. The Labute approximate surface area is 168 Å². The number of nitrogens with zero attached hydrogens (tertiary/aromatic N) is 1. The minimum atomic E-state index is -0.514. The fraction of sp³-hybridized carbons (Fsp3) is 0.174. The average molecular weight is 392 g/mol. The van der Waals surface area contributed by atoms with Crippen molar-refractivity contribution in [2.45, 2.75) is 19.4 Å². The Morgan fingerprint density at radius 1 is 1.03 bits per heavy atom. The SMILES string of the molecule is CCOC(=O)CC(NC(=O)c1ccc(-c2ccc(F)cc2)nc1)c1ccccc1. The van der Waals surface area contributed by atoms with E-state index in [1.54, 1.807) is 31.2 Å². The molecule has 0 spiro atoms. The maximum absolute atomic E-state index is 13.1. The first-order chi connectivity index (χ1) is 14.1. The molecule has 0 aliphatic rings.